The summed E-state index contributed by atoms with van der Waals surface area (Å²) >= 11 is 0. The first-order valence-electron chi connectivity index (χ1n) is 15.0. The van der Waals surface area contributed by atoms with Crippen LogP contribution >= 0.6 is 0 Å². The quantitative estimate of drug-likeness (QED) is 0.267. The van der Waals surface area contributed by atoms with E-state index in [1.165, 1.54) is 0 Å². The molecule has 0 aromatic heterocycles. The van der Waals surface area contributed by atoms with Crippen LogP contribution < -0.4 is 19.9 Å². The van der Waals surface area contributed by atoms with Gasteiger partial charge in [0.05, 0.1) is 12.5 Å². The van der Waals surface area contributed by atoms with Crippen molar-refractivity contribution >= 4 is 11.9 Å². The predicted octanol–water partition coefficient (Wildman–Crippen LogP) is 5.02. The monoisotopic (exact) mass is 588 g/mol. The van der Waals surface area contributed by atoms with Crippen LogP contribution in [0.25, 0.3) is 0 Å². The number of hydrogen-bond donors (Lipinski definition) is 2. The van der Waals surface area contributed by atoms with Gasteiger partial charge in [-0.25, -0.2) is 0 Å². The first-order valence-corrected chi connectivity index (χ1v) is 15.0. The van der Waals surface area contributed by atoms with E-state index in [4.69, 9.17) is 24.7 Å². The van der Waals surface area contributed by atoms with Crippen LogP contribution in [0.2, 0.25) is 0 Å². The van der Waals surface area contributed by atoms with E-state index in [0.717, 1.165) is 27.8 Å². The van der Waals surface area contributed by atoms with Crippen LogP contribution in [0.15, 0.2) is 60.7 Å². The summed E-state index contributed by atoms with van der Waals surface area (Å²) < 4.78 is 22.3. The lowest BCUT2D eigenvalue weighted by Gasteiger charge is -2.35. The largest absolute Gasteiger partial charge is 0.491 e. The number of likely N-dealkylation sites (tertiary alicyclic amines) is 1. The number of aryl methyl sites for hydroxylation is 2. The summed E-state index contributed by atoms with van der Waals surface area (Å²) in [5, 5.41) is 10.8. The zero-order chi connectivity index (χ0) is 30.5. The van der Waals surface area contributed by atoms with Gasteiger partial charge in [0, 0.05) is 25.1 Å². The van der Waals surface area contributed by atoms with Crippen molar-refractivity contribution in [2.24, 2.45) is 11.7 Å². The summed E-state index contributed by atoms with van der Waals surface area (Å²) in [5.74, 6) is -0.904. The van der Waals surface area contributed by atoms with Gasteiger partial charge in [0.15, 0.2) is 11.5 Å². The Bertz CT molecular complexity index is 1420. The summed E-state index contributed by atoms with van der Waals surface area (Å²) in [6.45, 7) is 7.96. The third kappa shape index (κ3) is 6.19. The molecule has 3 N–H and O–H groups in total. The number of carbonyl (C=O) groups excluding carboxylic acids is 1. The SMILES string of the molecule is CCOCCOc1ccc(C2C(C(=O)O)C(c3ccc4c(c3)OCO4)CN2C(C(N)=O)c2c(CC)cccc2CC)cc1. The fourth-order valence-electron chi connectivity index (χ4n) is 6.54. The van der Waals surface area contributed by atoms with Gasteiger partial charge >= 0.3 is 5.97 Å². The zero-order valence-electron chi connectivity index (χ0n) is 25.0. The Morgan fingerprint density at radius 1 is 0.953 bits per heavy atom. The molecule has 3 aromatic rings. The number of amides is 1. The molecule has 1 saturated heterocycles. The molecule has 4 unspecified atom stereocenters. The molecule has 5 rings (SSSR count). The predicted molar refractivity (Wildman–Crippen MR) is 161 cm³/mol. The second-order valence-corrected chi connectivity index (χ2v) is 10.8. The number of fused-ring (bicyclic) bond motifs is 1. The van der Waals surface area contributed by atoms with Crippen LogP contribution in [0.1, 0.15) is 66.6 Å². The first-order chi connectivity index (χ1) is 20.9. The summed E-state index contributed by atoms with van der Waals surface area (Å²) in [7, 11) is 0. The molecule has 4 atom stereocenters. The Balaban J connectivity index is 1.61. The Morgan fingerprint density at radius 3 is 2.26 bits per heavy atom. The molecule has 1 fully saturated rings. The van der Waals surface area contributed by atoms with E-state index < -0.39 is 35.8 Å². The van der Waals surface area contributed by atoms with Gasteiger partial charge in [-0.05, 0) is 71.8 Å². The maximum absolute atomic E-state index is 13.5. The molecule has 43 heavy (non-hydrogen) atoms. The molecule has 1 amide bonds. The molecular weight excluding hydrogens is 548 g/mol. The van der Waals surface area contributed by atoms with Gasteiger partial charge in [-0.15, -0.1) is 0 Å². The first kappa shape index (κ1) is 30.4. The van der Waals surface area contributed by atoms with Crippen LogP contribution in [-0.4, -0.2) is 55.0 Å². The maximum Gasteiger partial charge on any atom is 0.309 e. The smallest absolute Gasteiger partial charge is 0.309 e. The Hall–Kier alpha value is -4.08. The molecule has 9 heteroatoms. The Kier molecular flexibility index (Phi) is 9.52. The van der Waals surface area contributed by atoms with Crippen molar-refractivity contribution in [3.8, 4) is 17.2 Å². The lowest BCUT2D eigenvalue weighted by atomic mass is 9.82. The van der Waals surface area contributed by atoms with E-state index in [9.17, 15) is 14.7 Å². The highest BCUT2D eigenvalue weighted by atomic mass is 16.7. The fourth-order valence-corrected chi connectivity index (χ4v) is 6.54. The van der Waals surface area contributed by atoms with Gasteiger partial charge in [0.25, 0.3) is 0 Å². The minimum Gasteiger partial charge on any atom is -0.491 e. The van der Waals surface area contributed by atoms with Crippen LogP contribution in [0.4, 0.5) is 0 Å². The minimum absolute atomic E-state index is 0.122. The third-order valence-electron chi connectivity index (χ3n) is 8.49. The minimum atomic E-state index is -0.949. The van der Waals surface area contributed by atoms with E-state index in [1.54, 1.807) is 0 Å². The van der Waals surface area contributed by atoms with E-state index in [1.807, 2.05) is 72.5 Å². The van der Waals surface area contributed by atoms with Gasteiger partial charge in [-0.2, -0.15) is 0 Å². The van der Waals surface area contributed by atoms with Crippen molar-refractivity contribution in [2.45, 2.75) is 51.6 Å². The second kappa shape index (κ2) is 13.5. The standard InChI is InChI=1S/C34H40N2O7/c1-4-21-8-7-9-22(5-2)29(21)32(33(35)37)36-19-26(24-12-15-27-28(18-24)43-20-42-27)30(34(38)39)31(36)23-10-13-25(14-11-23)41-17-16-40-6-3/h7-15,18,26,30-32H,4-6,16-17,19-20H2,1-3H3,(H2,35,37)(H,38,39). The number of carbonyl (C=O) groups is 2. The number of carboxylic acids is 1. The highest BCUT2D eigenvalue weighted by molar-refractivity contribution is 5.83. The molecule has 9 nitrogen and oxygen atoms in total. The summed E-state index contributed by atoms with van der Waals surface area (Å²) in [6.07, 6.45) is 1.43. The molecule has 0 radical (unpaired) electrons. The fraction of sp³-hybridized carbons (Fsp3) is 0.412. The van der Waals surface area contributed by atoms with Crippen molar-refractivity contribution in [1.82, 2.24) is 4.90 Å². The normalized spacial score (nSPS) is 20.2. The Morgan fingerprint density at radius 2 is 1.63 bits per heavy atom. The number of rotatable bonds is 13. The Labute approximate surface area is 252 Å². The number of benzene rings is 3. The molecule has 2 aliphatic rings. The van der Waals surface area contributed by atoms with E-state index in [-0.39, 0.29) is 6.79 Å². The highest BCUT2D eigenvalue weighted by Crippen LogP contribution is 2.51. The molecule has 0 spiro atoms. The zero-order valence-corrected chi connectivity index (χ0v) is 25.0. The molecule has 228 valence electrons. The van der Waals surface area contributed by atoms with Gasteiger partial charge in [-0.1, -0.05) is 50.2 Å². The average Bonchev–Trinajstić information content (AvgIpc) is 3.64. The second-order valence-electron chi connectivity index (χ2n) is 10.8. The topological polar surface area (TPSA) is 121 Å². The molecule has 2 aliphatic heterocycles. The van der Waals surface area contributed by atoms with Gasteiger partial charge in [0.2, 0.25) is 12.7 Å². The number of hydrogen-bond acceptors (Lipinski definition) is 7. The van der Waals surface area contributed by atoms with E-state index in [0.29, 0.717) is 56.5 Å². The van der Waals surface area contributed by atoms with Crippen molar-refractivity contribution < 1.29 is 33.6 Å². The molecule has 0 bridgehead atoms. The molecule has 0 saturated carbocycles. The van der Waals surface area contributed by atoms with Crippen LogP contribution in [-0.2, 0) is 27.2 Å². The summed E-state index contributed by atoms with van der Waals surface area (Å²) in [5.41, 5.74) is 10.7. The van der Waals surface area contributed by atoms with Crippen molar-refractivity contribution in [2.75, 3.05) is 33.2 Å². The van der Waals surface area contributed by atoms with Crippen LogP contribution in [0.3, 0.4) is 0 Å². The number of nitrogens with zero attached hydrogens (tertiary/aromatic N) is 1. The van der Waals surface area contributed by atoms with E-state index in [2.05, 4.69) is 13.8 Å². The lowest BCUT2D eigenvalue weighted by Crippen LogP contribution is -2.40. The highest BCUT2D eigenvalue weighted by Gasteiger charge is 2.51. The summed E-state index contributed by atoms with van der Waals surface area (Å²) in [4.78, 5) is 28.6. The number of aliphatic carboxylic acids is 1. The van der Waals surface area contributed by atoms with Gasteiger partial charge in [-0.3, -0.25) is 14.5 Å². The van der Waals surface area contributed by atoms with Crippen molar-refractivity contribution in [3.05, 3.63) is 88.5 Å². The van der Waals surface area contributed by atoms with Crippen molar-refractivity contribution in [1.29, 1.82) is 0 Å². The van der Waals surface area contributed by atoms with Gasteiger partial charge < -0.3 is 29.8 Å². The number of carboxylic acid groups (broad SMARTS) is 1. The summed E-state index contributed by atoms with van der Waals surface area (Å²) in [6, 6.07) is 17.6. The molecular formula is C34H40N2O7. The maximum atomic E-state index is 13.5. The van der Waals surface area contributed by atoms with Gasteiger partial charge in [0.1, 0.15) is 18.4 Å². The van der Waals surface area contributed by atoms with Crippen LogP contribution in [0.5, 0.6) is 17.2 Å². The van der Waals surface area contributed by atoms with Crippen LogP contribution in [0, 0.1) is 5.92 Å². The number of ether oxygens (including phenoxy) is 4. The number of nitrogens with two attached hydrogens (primary N) is 1. The lowest BCUT2D eigenvalue weighted by molar-refractivity contribution is -0.143. The van der Waals surface area contributed by atoms with E-state index >= 15 is 0 Å². The number of primary amides is 1. The third-order valence-corrected chi connectivity index (χ3v) is 8.49. The average molecular weight is 589 g/mol. The van der Waals surface area contributed by atoms with Crippen molar-refractivity contribution in [3.63, 3.8) is 0 Å². The molecule has 0 aliphatic carbocycles. The molecule has 2 heterocycles. The molecule has 3 aromatic carbocycles.